The molecule has 0 radical (unpaired) electrons. The van der Waals surface area contributed by atoms with Gasteiger partial charge in [0.15, 0.2) is 0 Å². The van der Waals surface area contributed by atoms with Gasteiger partial charge in [0.2, 0.25) is 0 Å². The molecule has 4 aliphatic carbocycles. The highest BCUT2D eigenvalue weighted by molar-refractivity contribution is 6.67. The first kappa shape index (κ1) is 16.0. The molecule has 2 aliphatic heterocycles. The molecule has 8 rings (SSSR count). The second-order valence-electron chi connectivity index (χ2n) is 9.77. The number of pyridine rings is 1. The first-order valence-electron chi connectivity index (χ1n) is 10.8. The van der Waals surface area contributed by atoms with E-state index in [2.05, 4.69) is 21.0 Å². The molecule has 4 saturated carbocycles. The average molecular weight is 376 g/mol. The Morgan fingerprint density at radius 1 is 1.25 bits per heavy atom. The summed E-state index contributed by atoms with van der Waals surface area (Å²) in [4.78, 5) is 10.1. The van der Waals surface area contributed by atoms with E-state index in [9.17, 15) is 5.11 Å². The smallest absolute Gasteiger partial charge is 0.412 e. The average Bonchev–Trinajstić information content (AvgIpc) is 3.15. The van der Waals surface area contributed by atoms with Crippen molar-refractivity contribution in [3.8, 4) is 0 Å². The molecule has 7 heteroatoms. The minimum absolute atomic E-state index is 0.111. The number of nitrogens with one attached hydrogen (secondary N) is 1. The lowest BCUT2D eigenvalue weighted by Gasteiger charge is -2.58. The predicted molar refractivity (Wildman–Crippen MR) is 107 cm³/mol. The van der Waals surface area contributed by atoms with Gasteiger partial charge < -0.3 is 19.7 Å². The van der Waals surface area contributed by atoms with Crippen LogP contribution in [0.15, 0.2) is 23.6 Å². The summed E-state index contributed by atoms with van der Waals surface area (Å²) in [5.41, 5.74) is 4.17. The zero-order valence-corrected chi connectivity index (χ0v) is 16.0. The maximum atomic E-state index is 11.1. The quantitative estimate of drug-likeness (QED) is 0.746. The highest BCUT2D eigenvalue weighted by Crippen LogP contribution is 2.59. The summed E-state index contributed by atoms with van der Waals surface area (Å²) in [5, 5.41) is 17.5. The SMILES string of the molecule is O[C@]12C[C@H]3C[C@H](C1)[C@@H](C1=NN4CCCOB4c4cnc5[nH]ccc5c41)[C@@H](C3)C2. The molecular weight excluding hydrogens is 351 g/mol. The third-order valence-electron chi connectivity index (χ3n) is 8.01. The summed E-state index contributed by atoms with van der Waals surface area (Å²) >= 11 is 0. The predicted octanol–water partition coefficient (Wildman–Crippen LogP) is 1.89. The van der Waals surface area contributed by atoms with E-state index in [1.54, 1.807) is 0 Å². The number of aromatic nitrogens is 2. The lowest BCUT2D eigenvalue weighted by molar-refractivity contribution is -0.138. The van der Waals surface area contributed by atoms with Crippen LogP contribution in [0.4, 0.5) is 0 Å². The molecule has 5 atom stereocenters. The topological polar surface area (TPSA) is 73.7 Å². The van der Waals surface area contributed by atoms with E-state index < -0.39 is 5.60 Å². The van der Waals surface area contributed by atoms with Crippen molar-refractivity contribution in [2.75, 3.05) is 13.2 Å². The highest BCUT2D eigenvalue weighted by Gasteiger charge is 2.57. The molecular formula is C21H25BN4O2. The normalized spacial score (nSPS) is 38.5. The molecule has 5 fully saturated rings. The lowest BCUT2D eigenvalue weighted by Crippen LogP contribution is -2.61. The standard InChI is InChI=1S/C21H25BN4O2/c27-21-8-12-6-13(9-21)17(14(7-12)10-21)19-18-15-2-3-23-20(15)24-11-16(18)22-26(25-19)4-1-5-28-22/h2-3,11-14,17,27H,1,4-10H2,(H,23,24)/t12-,13+,14-,17+,21+. The fraction of sp³-hybridized carbons (Fsp3) is 0.619. The molecule has 1 saturated heterocycles. The number of aromatic amines is 1. The van der Waals surface area contributed by atoms with Crippen LogP contribution < -0.4 is 5.46 Å². The number of H-pyrrole nitrogens is 1. The maximum Gasteiger partial charge on any atom is 0.471 e. The van der Waals surface area contributed by atoms with Gasteiger partial charge in [-0.2, -0.15) is 5.10 Å². The molecule has 2 aromatic rings. The lowest BCUT2D eigenvalue weighted by atomic mass is 9.48. The van der Waals surface area contributed by atoms with Gasteiger partial charge in [-0.1, -0.05) is 0 Å². The van der Waals surface area contributed by atoms with Crippen LogP contribution in [0.25, 0.3) is 11.0 Å². The molecule has 28 heavy (non-hydrogen) atoms. The van der Waals surface area contributed by atoms with Gasteiger partial charge in [0.1, 0.15) is 5.65 Å². The summed E-state index contributed by atoms with van der Waals surface area (Å²) in [5.74, 6) is 2.25. The fourth-order valence-electron chi connectivity index (χ4n) is 7.32. The molecule has 0 amide bonds. The van der Waals surface area contributed by atoms with Gasteiger partial charge in [-0.15, -0.1) is 0 Å². The molecule has 0 spiro atoms. The summed E-state index contributed by atoms with van der Waals surface area (Å²) in [6, 6.07) is 2.14. The van der Waals surface area contributed by atoms with Crippen LogP contribution in [-0.2, 0) is 4.65 Å². The van der Waals surface area contributed by atoms with Crippen LogP contribution in [0.3, 0.4) is 0 Å². The zero-order chi connectivity index (χ0) is 18.5. The Balaban J connectivity index is 1.41. The monoisotopic (exact) mass is 376 g/mol. The number of hydrogen-bond acceptors (Lipinski definition) is 5. The van der Waals surface area contributed by atoms with E-state index in [0.717, 1.165) is 49.9 Å². The molecule has 6 nitrogen and oxygen atoms in total. The van der Waals surface area contributed by atoms with E-state index in [1.165, 1.54) is 29.6 Å². The molecule has 6 aliphatic rings. The van der Waals surface area contributed by atoms with Crippen LogP contribution in [-0.4, -0.2) is 51.5 Å². The number of rotatable bonds is 1. The van der Waals surface area contributed by atoms with Crippen LogP contribution >= 0.6 is 0 Å². The Morgan fingerprint density at radius 2 is 2.11 bits per heavy atom. The van der Waals surface area contributed by atoms with E-state index in [4.69, 9.17) is 9.76 Å². The van der Waals surface area contributed by atoms with Gasteiger partial charge in [-0.25, -0.2) is 4.98 Å². The number of aliphatic hydroxyl groups is 1. The van der Waals surface area contributed by atoms with Crippen molar-refractivity contribution in [3.63, 3.8) is 0 Å². The minimum Gasteiger partial charge on any atom is -0.412 e. The Kier molecular flexibility index (Phi) is 3.08. The Morgan fingerprint density at radius 3 is 2.93 bits per heavy atom. The largest absolute Gasteiger partial charge is 0.471 e. The van der Waals surface area contributed by atoms with Gasteiger partial charge in [-0.05, 0) is 62.3 Å². The second-order valence-corrected chi connectivity index (χ2v) is 9.77. The number of hydrogen-bond donors (Lipinski definition) is 2. The first-order valence-corrected chi connectivity index (χ1v) is 10.8. The van der Waals surface area contributed by atoms with Gasteiger partial charge >= 0.3 is 7.05 Å². The van der Waals surface area contributed by atoms with E-state index in [-0.39, 0.29) is 7.05 Å². The number of fused-ring (bicyclic) bond motifs is 5. The number of hydrazone groups is 1. The minimum atomic E-state index is -0.413. The van der Waals surface area contributed by atoms with Gasteiger partial charge in [0, 0.05) is 47.9 Å². The third kappa shape index (κ3) is 2.06. The van der Waals surface area contributed by atoms with Crippen molar-refractivity contribution >= 4 is 29.3 Å². The summed E-state index contributed by atoms with van der Waals surface area (Å²) in [7, 11) is -0.111. The summed E-state index contributed by atoms with van der Waals surface area (Å²) in [6.45, 7) is 1.72. The molecule has 0 aromatic carbocycles. The van der Waals surface area contributed by atoms with Crippen molar-refractivity contribution in [2.24, 2.45) is 28.8 Å². The van der Waals surface area contributed by atoms with Crippen molar-refractivity contribution in [1.82, 2.24) is 14.9 Å². The Labute approximate surface area is 164 Å². The van der Waals surface area contributed by atoms with Crippen LogP contribution in [0.2, 0.25) is 0 Å². The van der Waals surface area contributed by atoms with Crippen LogP contribution in [0, 0.1) is 23.7 Å². The van der Waals surface area contributed by atoms with Gasteiger partial charge in [-0.3, -0.25) is 0 Å². The van der Waals surface area contributed by atoms with Crippen molar-refractivity contribution in [3.05, 3.63) is 24.0 Å². The molecule has 4 bridgehead atoms. The van der Waals surface area contributed by atoms with E-state index in [0.29, 0.717) is 23.7 Å². The Bertz CT molecular complexity index is 987. The third-order valence-corrected chi connectivity index (χ3v) is 8.01. The molecule has 2 N–H and O–H groups in total. The maximum absolute atomic E-state index is 11.1. The van der Waals surface area contributed by atoms with E-state index >= 15 is 0 Å². The molecule has 144 valence electrons. The van der Waals surface area contributed by atoms with Crippen molar-refractivity contribution in [1.29, 1.82) is 0 Å². The highest BCUT2D eigenvalue weighted by atomic mass is 16.4. The van der Waals surface area contributed by atoms with E-state index in [1.807, 2.05) is 12.4 Å². The Hall–Kier alpha value is -1.86. The second kappa shape index (κ2) is 5.39. The summed E-state index contributed by atoms with van der Waals surface area (Å²) in [6.07, 6.45) is 10.4. The molecule has 0 unspecified atom stereocenters. The molecule has 4 heterocycles. The molecule has 2 aromatic heterocycles. The van der Waals surface area contributed by atoms with Crippen LogP contribution in [0.1, 0.15) is 44.1 Å². The van der Waals surface area contributed by atoms with Gasteiger partial charge in [0.05, 0.1) is 11.3 Å². The first-order chi connectivity index (χ1) is 13.7. The zero-order valence-electron chi connectivity index (χ0n) is 16.0. The van der Waals surface area contributed by atoms with Crippen molar-refractivity contribution < 1.29 is 9.76 Å². The van der Waals surface area contributed by atoms with Crippen LogP contribution in [0.5, 0.6) is 0 Å². The summed E-state index contributed by atoms with van der Waals surface area (Å²) < 4.78 is 6.13. The fourth-order valence-corrected chi connectivity index (χ4v) is 7.32. The van der Waals surface area contributed by atoms with Gasteiger partial charge in [0.25, 0.3) is 0 Å². The number of nitrogens with zero attached hydrogens (tertiary/aromatic N) is 3. The van der Waals surface area contributed by atoms with Crippen molar-refractivity contribution in [2.45, 2.75) is 44.1 Å².